The predicted molar refractivity (Wildman–Crippen MR) is 98.2 cm³/mol. The topological polar surface area (TPSA) is 50.9 Å². The molecule has 0 bridgehead atoms. The number of aliphatic hydroxyl groups excluding tert-OH is 1. The minimum absolute atomic E-state index is 0.0879. The lowest BCUT2D eigenvalue weighted by atomic mass is 9.80. The molecule has 1 aromatic carbocycles. The molecule has 0 saturated heterocycles. The standard InChI is InChI=1S/C19H28ClN3O/c1-13(8-15-6-7-16(20)10-14(15)2)9-17(18(24)19(3,4)5)23-12-21-11-22-23/h6-7,10-13,17-18,24H,8-9H2,1-5H3. The molecular formula is C19H28ClN3O. The average molecular weight is 350 g/mol. The van der Waals surface area contributed by atoms with Crippen molar-refractivity contribution in [2.75, 3.05) is 0 Å². The lowest BCUT2D eigenvalue weighted by Gasteiger charge is -2.34. The summed E-state index contributed by atoms with van der Waals surface area (Å²) in [6.07, 6.45) is 4.51. The van der Waals surface area contributed by atoms with Crippen LogP contribution in [0.5, 0.6) is 0 Å². The van der Waals surface area contributed by atoms with Crippen LogP contribution in [0.15, 0.2) is 30.9 Å². The van der Waals surface area contributed by atoms with Crippen molar-refractivity contribution < 1.29 is 5.11 Å². The molecule has 24 heavy (non-hydrogen) atoms. The second kappa shape index (κ2) is 7.66. The minimum Gasteiger partial charge on any atom is -0.390 e. The van der Waals surface area contributed by atoms with E-state index >= 15 is 0 Å². The number of hydrogen-bond donors (Lipinski definition) is 1. The Kier molecular flexibility index (Phi) is 6.05. The van der Waals surface area contributed by atoms with E-state index in [-0.39, 0.29) is 11.5 Å². The monoisotopic (exact) mass is 349 g/mol. The molecule has 5 heteroatoms. The van der Waals surface area contributed by atoms with Gasteiger partial charge < -0.3 is 5.11 Å². The first-order valence-corrected chi connectivity index (χ1v) is 8.83. The molecule has 0 amide bonds. The van der Waals surface area contributed by atoms with Crippen molar-refractivity contribution in [2.24, 2.45) is 11.3 Å². The Morgan fingerprint density at radius 1 is 1.29 bits per heavy atom. The molecule has 0 radical (unpaired) electrons. The molecule has 132 valence electrons. The normalized spacial score (nSPS) is 16.0. The zero-order chi connectivity index (χ0) is 17.9. The van der Waals surface area contributed by atoms with Crippen molar-refractivity contribution in [3.8, 4) is 0 Å². The van der Waals surface area contributed by atoms with Crippen molar-refractivity contribution in [2.45, 2.75) is 59.6 Å². The largest absolute Gasteiger partial charge is 0.390 e. The fraction of sp³-hybridized carbons (Fsp3) is 0.579. The van der Waals surface area contributed by atoms with Crippen LogP contribution in [-0.2, 0) is 6.42 Å². The van der Waals surface area contributed by atoms with Gasteiger partial charge in [-0.1, -0.05) is 45.4 Å². The van der Waals surface area contributed by atoms with Gasteiger partial charge in [-0.05, 0) is 54.4 Å². The van der Waals surface area contributed by atoms with Crippen LogP contribution in [0, 0.1) is 18.3 Å². The molecule has 0 aliphatic carbocycles. The number of aromatic nitrogens is 3. The summed E-state index contributed by atoms with van der Waals surface area (Å²) in [7, 11) is 0. The molecule has 2 rings (SSSR count). The van der Waals surface area contributed by atoms with Crippen molar-refractivity contribution in [1.29, 1.82) is 0 Å². The van der Waals surface area contributed by atoms with Gasteiger partial charge in [-0.25, -0.2) is 9.67 Å². The summed E-state index contributed by atoms with van der Waals surface area (Å²) in [5.74, 6) is 0.399. The van der Waals surface area contributed by atoms with Gasteiger partial charge in [-0.15, -0.1) is 0 Å². The maximum Gasteiger partial charge on any atom is 0.137 e. The van der Waals surface area contributed by atoms with E-state index in [0.717, 1.165) is 17.9 Å². The predicted octanol–water partition coefficient (Wildman–Crippen LogP) is 4.46. The summed E-state index contributed by atoms with van der Waals surface area (Å²) in [5.41, 5.74) is 2.30. The van der Waals surface area contributed by atoms with E-state index in [4.69, 9.17) is 11.6 Å². The van der Waals surface area contributed by atoms with Crippen molar-refractivity contribution in [3.63, 3.8) is 0 Å². The third-order valence-electron chi connectivity index (χ3n) is 4.55. The van der Waals surface area contributed by atoms with Gasteiger partial charge in [-0.2, -0.15) is 5.10 Å². The van der Waals surface area contributed by atoms with Gasteiger partial charge >= 0.3 is 0 Å². The molecule has 0 saturated carbocycles. The Hall–Kier alpha value is -1.39. The molecule has 3 unspecified atom stereocenters. The van der Waals surface area contributed by atoms with E-state index in [1.165, 1.54) is 17.5 Å². The van der Waals surface area contributed by atoms with Crippen LogP contribution >= 0.6 is 11.6 Å². The Bertz CT molecular complexity index is 649. The van der Waals surface area contributed by atoms with Gasteiger partial charge in [0, 0.05) is 5.02 Å². The Labute approximate surface area is 149 Å². The number of halogens is 1. The molecule has 1 aromatic heterocycles. The Balaban J connectivity index is 2.14. The highest BCUT2D eigenvalue weighted by molar-refractivity contribution is 6.30. The van der Waals surface area contributed by atoms with Crippen LogP contribution < -0.4 is 0 Å². The summed E-state index contributed by atoms with van der Waals surface area (Å²) < 4.78 is 1.79. The lowest BCUT2D eigenvalue weighted by Crippen LogP contribution is -2.37. The van der Waals surface area contributed by atoms with E-state index in [2.05, 4.69) is 50.8 Å². The maximum absolute atomic E-state index is 10.8. The van der Waals surface area contributed by atoms with E-state index in [1.807, 2.05) is 12.1 Å². The second-order valence-corrected chi connectivity index (χ2v) is 8.31. The molecule has 0 spiro atoms. The van der Waals surface area contributed by atoms with Crippen LogP contribution in [0.2, 0.25) is 5.02 Å². The SMILES string of the molecule is Cc1cc(Cl)ccc1CC(C)CC(C(O)C(C)(C)C)n1cncn1. The molecule has 0 fully saturated rings. The van der Waals surface area contributed by atoms with Gasteiger partial charge in [0.15, 0.2) is 0 Å². The molecule has 0 aliphatic heterocycles. The van der Waals surface area contributed by atoms with E-state index in [1.54, 1.807) is 11.0 Å². The third kappa shape index (κ3) is 4.81. The first-order chi connectivity index (χ1) is 11.2. The summed E-state index contributed by atoms with van der Waals surface area (Å²) in [6, 6.07) is 5.95. The van der Waals surface area contributed by atoms with Gasteiger partial charge in [0.2, 0.25) is 0 Å². The number of rotatable bonds is 6. The van der Waals surface area contributed by atoms with Gasteiger partial charge in [0.1, 0.15) is 12.7 Å². The van der Waals surface area contributed by atoms with Crippen LogP contribution in [0.1, 0.15) is 51.3 Å². The number of aliphatic hydroxyl groups is 1. The first-order valence-electron chi connectivity index (χ1n) is 8.45. The van der Waals surface area contributed by atoms with Crippen LogP contribution in [0.3, 0.4) is 0 Å². The molecule has 1 heterocycles. The Morgan fingerprint density at radius 3 is 2.54 bits per heavy atom. The van der Waals surface area contributed by atoms with E-state index in [0.29, 0.717) is 5.92 Å². The van der Waals surface area contributed by atoms with Crippen LogP contribution in [0.4, 0.5) is 0 Å². The van der Waals surface area contributed by atoms with Crippen molar-refractivity contribution in [3.05, 3.63) is 47.0 Å². The third-order valence-corrected chi connectivity index (χ3v) is 4.78. The van der Waals surface area contributed by atoms with E-state index < -0.39 is 6.10 Å². The second-order valence-electron chi connectivity index (χ2n) is 7.87. The van der Waals surface area contributed by atoms with Crippen molar-refractivity contribution >= 4 is 11.6 Å². The number of benzene rings is 1. The highest BCUT2D eigenvalue weighted by Crippen LogP contribution is 2.33. The molecule has 2 aromatic rings. The quantitative estimate of drug-likeness (QED) is 0.837. The highest BCUT2D eigenvalue weighted by atomic mass is 35.5. The molecule has 3 atom stereocenters. The van der Waals surface area contributed by atoms with Crippen molar-refractivity contribution in [1.82, 2.24) is 14.8 Å². The number of aryl methyl sites for hydroxylation is 1. The number of nitrogens with zero attached hydrogens (tertiary/aromatic N) is 3. The van der Waals surface area contributed by atoms with Crippen LogP contribution in [-0.4, -0.2) is 26.0 Å². The summed E-state index contributed by atoms with van der Waals surface area (Å²) in [4.78, 5) is 4.05. The fourth-order valence-electron chi connectivity index (χ4n) is 3.11. The Morgan fingerprint density at radius 2 is 2.00 bits per heavy atom. The zero-order valence-corrected chi connectivity index (χ0v) is 16.0. The summed E-state index contributed by atoms with van der Waals surface area (Å²) in [5, 5.41) is 15.9. The highest BCUT2D eigenvalue weighted by Gasteiger charge is 2.33. The molecular weight excluding hydrogens is 322 g/mol. The lowest BCUT2D eigenvalue weighted by molar-refractivity contribution is 0.00438. The van der Waals surface area contributed by atoms with E-state index in [9.17, 15) is 5.11 Å². The summed E-state index contributed by atoms with van der Waals surface area (Å²) >= 11 is 6.05. The van der Waals surface area contributed by atoms with Gasteiger partial charge in [-0.3, -0.25) is 0 Å². The molecule has 1 N–H and O–H groups in total. The molecule has 4 nitrogen and oxygen atoms in total. The van der Waals surface area contributed by atoms with Crippen LogP contribution in [0.25, 0.3) is 0 Å². The zero-order valence-electron chi connectivity index (χ0n) is 15.2. The smallest absolute Gasteiger partial charge is 0.137 e. The maximum atomic E-state index is 10.8. The first kappa shape index (κ1) is 18.9. The average Bonchev–Trinajstić information content (AvgIpc) is 3.00. The molecule has 0 aliphatic rings. The van der Waals surface area contributed by atoms with Gasteiger partial charge in [0.05, 0.1) is 12.1 Å². The summed E-state index contributed by atoms with van der Waals surface area (Å²) in [6.45, 7) is 10.5. The number of hydrogen-bond acceptors (Lipinski definition) is 3. The van der Waals surface area contributed by atoms with Gasteiger partial charge in [0.25, 0.3) is 0 Å². The fourth-order valence-corrected chi connectivity index (χ4v) is 3.33. The minimum atomic E-state index is -0.493.